The molecule has 3 aromatic rings. The maximum Gasteiger partial charge on any atom is 0.244 e. The van der Waals surface area contributed by atoms with Crippen molar-refractivity contribution in [3.8, 4) is 5.75 Å². The van der Waals surface area contributed by atoms with E-state index in [2.05, 4.69) is 5.32 Å². The minimum absolute atomic E-state index is 0.180. The molecule has 1 amide bonds. The monoisotopic (exact) mass is 347 g/mol. The van der Waals surface area contributed by atoms with E-state index in [9.17, 15) is 9.90 Å². The van der Waals surface area contributed by atoms with Crippen LogP contribution in [0.4, 0.5) is 0 Å². The SMILES string of the molecule is COc1ccc2ccc(C(CO)NC(=O)/C=C/c3ccccc3)cc2c1. The van der Waals surface area contributed by atoms with E-state index in [0.29, 0.717) is 0 Å². The summed E-state index contributed by atoms with van der Waals surface area (Å²) in [5.41, 5.74) is 1.79. The predicted molar refractivity (Wildman–Crippen MR) is 104 cm³/mol. The molecule has 0 saturated heterocycles. The molecule has 1 unspecified atom stereocenters. The number of carbonyl (C=O) groups excluding carboxylic acids is 1. The molecule has 0 saturated carbocycles. The van der Waals surface area contributed by atoms with Crippen LogP contribution in [0.15, 0.2) is 72.8 Å². The number of nitrogens with one attached hydrogen (secondary N) is 1. The van der Waals surface area contributed by atoms with Crippen LogP contribution >= 0.6 is 0 Å². The third kappa shape index (κ3) is 4.29. The normalized spacial score (nSPS) is 12.2. The molecule has 3 rings (SSSR count). The second-order valence-electron chi connectivity index (χ2n) is 5.96. The lowest BCUT2D eigenvalue weighted by atomic mass is 10.0. The topological polar surface area (TPSA) is 58.6 Å². The zero-order valence-electron chi connectivity index (χ0n) is 14.6. The Kier molecular flexibility index (Phi) is 5.66. The Morgan fingerprint density at radius 2 is 1.85 bits per heavy atom. The van der Waals surface area contributed by atoms with Gasteiger partial charge in [0, 0.05) is 6.08 Å². The van der Waals surface area contributed by atoms with E-state index in [1.165, 1.54) is 6.08 Å². The number of fused-ring (bicyclic) bond motifs is 1. The van der Waals surface area contributed by atoms with Crippen molar-refractivity contribution in [3.05, 3.63) is 83.9 Å². The van der Waals surface area contributed by atoms with Gasteiger partial charge in [-0.05, 0) is 46.2 Å². The number of carbonyl (C=O) groups is 1. The van der Waals surface area contributed by atoms with E-state index in [4.69, 9.17) is 4.74 Å². The number of hydrogen-bond acceptors (Lipinski definition) is 3. The maximum absolute atomic E-state index is 12.2. The first-order valence-corrected chi connectivity index (χ1v) is 8.42. The van der Waals surface area contributed by atoms with E-state index in [1.807, 2.05) is 66.7 Å². The molecule has 0 heterocycles. The first kappa shape index (κ1) is 17.7. The van der Waals surface area contributed by atoms with E-state index in [0.717, 1.165) is 27.6 Å². The molecular formula is C22H21NO3. The van der Waals surface area contributed by atoms with Crippen LogP contribution in [0.5, 0.6) is 5.75 Å². The number of methoxy groups -OCH3 is 1. The van der Waals surface area contributed by atoms with Gasteiger partial charge in [0.2, 0.25) is 5.91 Å². The van der Waals surface area contributed by atoms with Crippen molar-refractivity contribution < 1.29 is 14.6 Å². The molecule has 0 bridgehead atoms. The lowest BCUT2D eigenvalue weighted by Crippen LogP contribution is -2.29. The van der Waals surface area contributed by atoms with Gasteiger partial charge in [-0.1, -0.05) is 48.5 Å². The Labute approximate surface area is 152 Å². The maximum atomic E-state index is 12.2. The van der Waals surface area contributed by atoms with Gasteiger partial charge in [-0.15, -0.1) is 0 Å². The Morgan fingerprint density at radius 1 is 1.08 bits per heavy atom. The summed E-state index contributed by atoms with van der Waals surface area (Å²) in [6.07, 6.45) is 3.22. The summed E-state index contributed by atoms with van der Waals surface area (Å²) in [5, 5.41) is 14.6. The van der Waals surface area contributed by atoms with Crippen LogP contribution in [0.25, 0.3) is 16.8 Å². The fourth-order valence-corrected chi connectivity index (χ4v) is 2.78. The summed E-state index contributed by atoms with van der Waals surface area (Å²) < 4.78 is 5.26. The first-order chi connectivity index (χ1) is 12.7. The average molecular weight is 347 g/mol. The Morgan fingerprint density at radius 3 is 2.58 bits per heavy atom. The van der Waals surface area contributed by atoms with Gasteiger partial charge in [0.05, 0.1) is 19.8 Å². The van der Waals surface area contributed by atoms with Crippen LogP contribution in [0.1, 0.15) is 17.2 Å². The van der Waals surface area contributed by atoms with Gasteiger partial charge in [-0.3, -0.25) is 4.79 Å². The van der Waals surface area contributed by atoms with Crippen molar-refractivity contribution in [2.24, 2.45) is 0 Å². The number of benzene rings is 3. The molecule has 4 nitrogen and oxygen atoms in total. The highest BCUT2D eigenvalue weighted by Crippen LogP contribution is 2.24. The van der Waals surface area contributed by atoms with Gasteiger partial charge in [0.25, 0.3) is 0 Å². The molecular weight excluding hydrogens is 326 g/mol. The van der Waals surface area contributed by atoms with E-state index < -0.39 is 6.04 Å². The van der Waals surface area contributed by atoms with Crippen LogP contribution < -0.4 is 10.1 Å². The van der Waals surface area contributed by atoms with Gasteiger partial charge < -0.3 is 15.2 Å². The number of hydrogen-bond donors (Lipinski definition) is 2. The van der Waals surface area contributed by atoms with E-state index in [1.54, 1.807) is 13.2 Å². The highest BCUT2D eigenvalue weighted by molar-refractivity contribution is 5.92. The van der Waals surface area contributed by atoms with Crippen LogP contribution in [0, 0.1) is 0 Å². The van der Waals surface area contributed by atoms with Gasteiger partial charge in [-0.25, -0.2) is 0 Å². The smallest absolute Gasteiger partial charge is 0.244 e. The summed E-state index contributed by atoms with van der Waals surface area (Å²) >= 11 is 0. The van der Waals surface area contributed by atoms with Crippen molar-refractivity contribution >= 4 is 22.8 Å². The summed E-state index contributed by atoms with van der Waals surface area (Å²) in [6.45, 7) is -0.180. The molecule has 0 spiro atoms. The average Bonchev–Trinajstić information content (AvgIpc) is 2.70. The number of ether oxygens (including phenoxy) is 1. The molecule has 0 aromatic heterocycles. The largest absolute Gasteiger partial charge is 0.497 e. The van der Waals surface area contributed by atoms with Gasteiger partial charge in [-0.2, -0.15) is 0 Å². The van der Waals surface area contributed by atoms with Crippen LogP contribution in [0.3, 0.4) is 0 Å². The van der Waals surface area contributed by atoms with Crippen molar-refractivity contribution in [2.45, 2.75) is 6.04 Å². The van der Waals surface area contributed by atoms with Crippen LogP contribution in [-0.2, 0) is 4.79 Å². The third-order valence-electron chi connectivity index (χ3n) is 4.20. The molecule has 0 aliphatic rings. The summed E-state index contributed by atoms with van der Waals surface area (Å²) in [7, 11) is 1.63. The molecule has 1 atom stereocenters. The summed E-state index contributed by atoms with van der Waals surface area (Å²) in [5.74, 6) is 0.517. The molecule has 3 aromatic carbocycles. The molecule has 0 fully saturated rings. The molecule has 132 valence electrons. The van der Waals surface area contributed by atoms with Crippen molar-refractivity contribution in [1.82, 2.24) is 5.32 Å². The zero-order valence-corrected chi connectivity index (χ0v) is 14.6. The number of amides is 1. The second kappa shape index (κ2) is 8.32. The predicted octanol–water partition coefficient (Wildman–Crippen LogP) is 3.71. The molecule has 0 radical (unpaired) electrons. The van der Waals surface area contributed by atoms with Crippen molar-refractivity contribution in [1.29, 1.82) is 0 Å². The quantitative estimate of drug-likeness (QED) is 0.668. The molecule has 2 N–H and O–H groups in total. The Bertz CT molecular complexity index is 919. The van der Waals surface area contributed by atoms with Crippen molar-refractivity contribution in [3.63, 3.8) is 0 Å². The van der Waals surface area contributed by atoms with Crippen LogP contribution in [0.2, 0.25) is 0 Å². The minimum Gasteiger partial charge on any atom is -0.497 e. The van der Waals surface area contributed by atoms with Crippen LogP contribution in [-0.4, -0.2) is 24.7 Å². The third-order valence-corrected chi connectivity index (χ3v) is 4.20. The number of rotatable bonds is 6. The minimum atomic E-state index is -0.474. The highest BCUT2D eigenvalue weighted by Gasteiger charge is 2.13. The first-order valence-electron chi connectivity index (χ1n) is 8.42. The fourth-order valence-electron chi connectivity index (χ4n) is 2.78. The van der Waals surface area contributed by atoms with E-state index in [-0.39, 0.29) is 12.5 Å². The lowest BCUT2D eigenvalue weighted by molar-refractivity contribution is -0.117. The summed E-state index contributed by atoms with van der Waals surface area (Å²) in [6, 6.07) is 20.8. The zero-order chi connectivity index (χ0) is 18.4. The standard InChI is InChI=1S/C22H21NO3/c1-26-20-11-10-17-8-9-18(13-19(17)14-20)21(15-24)23-22(25)12-7-16-5-3-2-4-6-16/h2-14,21,24H,15H2,1H3,(H,23,25)/b12-7+. The molecule has 4 heteroatoms. The second-order valence-corrected chi connectivity index (χ2v) is 5.96. The van der Waals surface area contributed by atoms with Gasteiger partial charge >= 0.3 is 0 Å². The van der Waals surface area contributed by atoms with Gasteiger partial charge in [0.1, 0.15) is 5.75 Å². The Balaban J connectivity index is 1.76. The fraction of sp³-hybridized carbons (Fsp3) is 0.136. The Hall–Kier alpha value is -3.11. The summed E-state index contributed by atoms with van der Waals surface area (Å²) in [4.78, 5) is 12.2. The molecule has 0 aliphatic carbocycles. The lowest BCUT2D eigenvalue weighted by Gasteiger charge is -2.16. The van der Waals surface area contributed by atoms with E-state index >= 15 is 0 Å². The van der Waals surface area contributed by atoms with Crippen molar-refractivity contribution in [2.75, 3.05) is 13.7 Å². The van der Waals surface area contributed by atoms with Gasteiger partial charge in [0.15, 0.2) is 0 Å². The highest BCUT2D eigenvalue weighted by atomic mass is 16.5. The molecule has 0 aliphatic heterocycles. The molecule has 26 heavy (non-hydrogen) atoms. The number of aliphatic hydroxyl groups excluding tert-OH is 1. The number of aliphatic hydroxyl groups is 1.